The lowest BCUT2D eigenvalue weighted by Crippen LogP contribution is -2.25. The van der Waals surface area contributed by atoms with Crippen LogP contribution >= 0.6 is 0 Å². The number of fused-ring (bicyclic) bond motifs is 1. The zero-order valence-corrected chi connectivity index (χ0v) is 7.79. The van der Waals surface area contributed by atoms with Crippen molar-refractivity contribution >= 4 is 5.91 Å². The normalized spacial score (nSPS) is 13.8. The zero-order valence-electron chi connectivity index (χ0n) is 7.79. The van der Waals surface area contributed by atoms with Crippen molar-refractivity contribution in [2.24, 2.45) is 0 Å². The van der Waals surface area contributed by atoms with E-state index in [1.165, 1.54) is 0 Å². The molecule has 0 aromatic carbocycles. The van der Waals surface area contributed by atoms with Crippen molar-refractivity contribution in [1.82, 2.24) is 15.1 Å². The number of hydrogen-bond donors (Lipinski definition) is 1. The molecule has 4 nitrogen and oxygen atoms in total. The topological polar surface area (TPSA) is 49.0 Å². The van der Waals surface area contributed by atoms with Gasteiger partial charge in [-0.15, -0.1) is 12.3 Å². The number of aromatic nitrogens is 2. The molecule has 0 radical (unpaired) electrons. The van der Waals surface area contributed by atoms with Crippen LogP contribution in [0.3, 0.4) is 0 Å². The molecule has 4 heteroatoms. The molecule has 0 unspecified atom stereocenters. The third-order valence-corrected chi connectivity index (χ3v) is 2.35. The molecule has 0 saturated carbocycles. The summed E-state index contributed by atoms with van der Waals surface area (Å²) < 4.78 is 0. The second-order valence-electron chi connectivity index (χ2n) is 3.33. The molecular formula is C10H11N3O. The SMILES string of the molecule is C#CCCC(=O)N1Cc2cn[nH]c2C1. The number of nitrogens with one attached hydrogen (secondary N) is 1. The van der Waals surface area contributed by atoms with Crippen LogP contribution in [-0.4, -0.2) is 21.0 Å². The number of amides is 1. The van der Waals surface area contributed by atoms with E-state index in [1.807, 2.05) is 0 Å². The van der Waals surface area contributed by atoms with Gasteiger partial charge in [0.1, 0.15) is 0 Å². The van der Waals surface area contributed by atoms with E-state index in [-0.39, 0.29) is 5.91 Å². The van der Waals surface area contributed by atoms with Crippen molar-refractivity contribution in [3.05, 3.63) is 17.5 Å². The summed E-state index contributed by atoms with van der Waals surface area (Å²) >= 11 is 0. The number of rotatable bonds is 2. The maximum absolute atomic E-state index is 11.6. The Morgan fingerprint density at radius 1 is 1.71 bits per heavy atom. The molecule has 0 saturated heterocycles. The van der Waals surface area contributed by atoms with Crippen molar-refractivity contribution < 1.29 is 4.79 Å². The highest BCUT2D eigenvalue weighted by atomic mass is 16.2. The predicted octanol–water partition coefficient (Wildman–Crippen LogP) is 0.665. The maximum atomic E-state index is 11.6. The summed E-state index contributed by atoms with van der Waals surface area (Å²) in [7, 11) is 0. The standard InChI is InChI=1S/C10H11N3O/c1-2-3-4-10(14)13-6-8-5-11-12-9(8)7-13/h1,5H,3-4,6-7H2,(H,11,12). The molecule has 0 bridgehead atoms. The van der Waals surface area contributed by atoms with E-state index in [0.29, 0.717) is 25.9 Å². The van der Waals surface area contributed by atoms with Gasteiger partial charge in [0.2, 0.25) is 5.91 Å². The number of carbonyl (C=O) groups excluding carboxylic acids is 1. The molecule has 1 aromatic heterocycles. The number of nitrogens with zero attached hydrogens (tertiary/aromatic N) is 2. The molecular weight excluding hydrogens is 178 g/mol. The van der Waals surface area contributed by atoms with Crippen LogP contribution in [0.15, 0.2) is 6.20 Å². The molecule has 2 heterocycles. The first-order valence-electron chi connectivity index (χ1n) is 4.53. The molecule has 1 aliphatic rings. The van der Waals surface area contributed by atoms with Gasteiger partial charge in [0.25, 0.3) is 0 Å². The first kappa shape index (κ1) is 8.82. The van der Waals surface area contributed by atoms with E-state index in [9.17, 15) is 4.79 Å². The van der Waals surface area contributed by atoms with Gasteiger partial charge in [-0.25, -0.2) is 0 Å². The second kappa shape index (κ2) is 3.54. The van der Waals surface area contributed by atoms with Gasteiger partial charge in [0.05, 0.1) is 18.4 Å². The zero-order chi connectivity index (χ0) is 9.97. The van der Waals surface area contributed by atoms with Crippen molar-refractivity contribution in [1.29, 1.82) is 0 Å². The van der Waals surface area contributed by atoms with Gasteiger partial charge < -0.3 is 4.90 Å². The van der Waals surface area contributed by atoms with E-state index in [1.54, 1.807) is 11.1 Å². The molecule has 14 heavy (non-hydrogen) atoms. The van der Waals surface area contributed by atoms with E-state index < -0.39 is 0 Å². The smallest absolute Gasteiger partial charge is 0.224 e. The third kappa shape index (κ3) is 1.49. The first-order valence-corrected chi connectivity index (χ1v) is 4.53. The van der Waals surface area contributed by atoms with Gasteiger partial charge in [0.15, 0.2) is 0 Å². The summed E-state index contributed by atoms with van der Waals surface area (Å²) in [6, 6.07) is 0. The summed E-state index contributed by atoms with van der Waals surface area (Å²) in [5.74, 6) is 2.59. The Morgan fingerprint density at radius 3 is 3.29 bits per heavy atom. The molecule has 0 fully saturated rings. The first-order chi connectivity index (χ1) is 6.81. The summed E-state index contributed by atoms with van der Waals surface area (Å²) in [4.78, 5) is 13.4. The molecule has 1 N–H and O–H groups in total. The number of carbonyl (C=O) groups is 1. The second-order valence-corrected chi connectivity index (χ2v) is 3.33. The van der Waals surface area contributed by atoms with Gasteiger partial charge in [-0.05, 0) is 0 Å². The number of hydrogen-bond acceptors (Lipinski definition) is 2. The van der Waals surface area contributed by atoms with E-state index >= 15 is 0 Å². The summed E-state index contributed by atoms with van der Waals surface area (Å²) in [5.41, 5.74) is 2.15. The van der Waals surface area contributed by atoms with Gasteiger partial charge in [-0.1, -0.05) is 0 Å². The monoisotopic (exact) mass is 189 g/mol. The van der Waals surface area contributed by atoms with Crippen LogP contribution in [0.2, 0.25) is 0 Å². The lowest BCUT2D eigenvalue weighted by molar-refractivity contribution is -0.131. The van der Waals surface area contributed by atoms with Crippen LogP contribution < -0.4 is 0 Å². The molecule has 72 valence electrons. The van der Waals surface area contributed by atoms with Crippen molar-refractivity contribution in [2.75, 3.05) is 0 Å². The van der Waals surface area contributed by atoms with E-state index in [2.05, 4.69) is 16.1 Å². The van der Waals surface area contributed by atoms with Crippen LogP contribution in [0.1, 0.15) is 24.1 Å². The van der Waals surface area contributed by atoms with Gasteiger partial charge in [-0.3, -0.25) is 9.89 Å². The Morgan fingerprint density at radius 2 is 2.57 bits per heavy atom. The van der Waals surface area contributed by atoms with Crippen LogP contribution in [0.5, 0.6) is 0 Å². The summed E-state index contributed by atoms with van der Waals surface area (Å²) in [5, 5.41) is 6.78. The molecule has 0 aliphatic carbocycles. The van der Waals surface area contributed by atoms with Crippen LogP contribution in [0.4, 0.5) is 0 Å². The molecule has 2 rings (SSSR count). The lowest BCUT2D eigenvalue weighted by atomic mass is 10.3. The van der Waals surface area contributed by atoms with Gasteiger partial charge in [0, 0.05) is 24.9 Å². The van der Waals surface area contributed by atoms with Crippen molar-refractivity contribution in [3.63, 3.8) is 0 Å². The Balaban J connectivity index is 1.95. The highest BCUT2D eigenvalue weighted by Crippen LogP contribution is 2.20. The minimum absolute atomic E-state index is 0.118. The molecule has 1 aliphatic heterocycles. The highest BCUT2D eigenvalue weighted by molar-refractivity contribution is 5.77. The van der Waals surface area contributed by atoms with Crippen LogP contribution in [0, 0.1) is 12.3 Å². The Kier molecular flexibility index (Phi) is 2.23. The maximum Gasteiger partial charge on any atom is 0.224 e. The fraction of sp³-hybridized carbons (Fsp3) is 0.400. The fourth-order valence-electron chi connectivity index (χ4n) is 1.58. The molecule has 0 atom stereocenters. The third-order valence-electron chi connectivity index (χ3n) is 2.35. The molecule has 0 spiro atoms. The summed E-state index contributed by atoms with van der Waals surface area (Å²) in [6.07, 6.45) is 7.82. The minimum atomic E-state index is 0.118. The Bertz CT molecular complexity index is 368. The fourth-order valence-corrected chi connectivity index (χ4v) is 1.58. The Hall–Kier alpha value is -1.76. The highest BCUT2D eigenvalue weighted by Gasteiger charge is 2.23. The molecule has 1 amide bonds. The predicted molar refractivity (Wildman–Crippen MR) is 50.9 cm³/mol. The van der Waals surface area contributed by atoms with Crippen LogP contribution in [0.25, 0.3) is 0 Å². The minimum Gasteiger partial charge on any atom is -0.332 e. The van der Waals surface area contributed by atoms with Gasteiger partial charge >= 0.3 is 0 Å². The van der Waals surface area contributed by atoms with Gasteiger partial charge in [-0.2, -0.15) is 5.10 Å². The lowest BCUT2D eigenvalue weighted by Gasteiger charge is -2.14. The summed E-state index contributed by atoms with van der Waals surface area (Å²) in [6.45, 7) is 1.30. The Labute approximate surface area is 82.3 Å². The largest absolute Gasteiger partial charge is 0.332 e. The number of aromatic amines is 1. The van der Waals surface area contributed by atoms with E-state index in [4.69, 9.17) is 6.42 Å². The molecule has 1 aromatic rings. The van der Waals surface area contributed by atoms with Crippen molar-refractivity contribution in [3.8, 4) is 12.3 Å². The van der Waals surface area contributed by atoms with Crippen LogP contribution in [-0.2, 0) is 17.9 Å². The van der Waals surface area contributed by atoms with Crippen molar-refractivity contribution in [2.45, 2.75) is 25.9 Å². The number of H-pyrrole nitrogens is 1. The average Bonchev–Trinajstić information content (AvgIpc) is 2.72. The average molecular weight is 189 g/mol. The number of terminal acetylenes is 1. The quantitative estimate of drug-likeness (QED) is 0.695. The van der Waals surface area contributed by atoms with E-state index in [0.717, 1.165) is 11.3 Å².